The number of pyridine rings is 1. The molecule has 0 radical (unpaired) electrons. The predicted octanol–water partition coefficient (Wildman–Crippen LogP) is 1.66. The Bertz CT molecular complexity index is 925. The highest BCUT2D eigenvalue weighted by Crippen LogP contribution is 2.12. The maximum absolute atomic E-state index is 13.1. The van der Waals surface area contributed by atoms with Crippen LogP contribution in [0.2, 0.25) is 0 Å². The van der Waals surface area contributed by atoms with Gasteiger partial charge in [0.15, 0.2) is 0 Å². The molecule has 0 saturated heterocycles. The molecule has 0 aliphatic rings. The monoisotopic (exact) mass is 355 g/mol. The van der Waals surface area contributed by atoms with Crippen molar-refractivity contribution in [2.45, 2.75) is 13.8 Å². The summed E-state index contributed by atoms with van der Waals surface area (Å²) in [6, 6.07) is 2.95. The number of carbonyl (C=O) groups excluding carboxylic acids is 1. The molecule has 2 N–H and O–H groups in total. The van der Waals surface area contributed by atoms with Crippen LogP contribution in [0.3, 0.4) is 0 Å². The number of aryl methyl sites for hydroxylation is 2. The summed E-state index contributed by atoms with van der Waals surface area (Å²) in [4.78, 5) is 28.5. The van der Waals surface area contributed by atoms with Crippen LogP contribution in [0, 0.1) is 19.7 Å². The quantitative estimate of drug-likeness (QED) is 0.653. The third-order valence-corrected chi connectivity index (χ3v) is 3.58. The SMILES string of the molecule is Cc1nc(NCCNC(=O)c2cncc(F)c2)cc(-n2ccnc2C)n1. The lowest BCUT2D eigenvalue weighted by Crippen LogP contribution is -2.29. The molecule has 0 aliphatic heterocycles. The number of halogens is 1. The second-order valence-corrected chi connectivity index (χ2v) is 5.58. The first-order valence-electron chi connectivity index (χ1n) is 8.01. The fourth-order valence-electron chi connectivity index (χ4n) is 2.39. The molecule has 134 valence electrons. The molecule has 0 fully saturated rings. The third kappa shape index (κ3) is 4.18. The van der Waals surface area contributed by atoms with Gasteiger partial charge in [0.25, 0.3) is 5.91 Å². The van der Waals surface area contributed by atoms with Crippen LogP contribution in [0.25, 0.3) is 5.82 Å². The molecule has 0 spiro atoms. The molecule has 0 atom stereocenters. The van der Waals surface area contributed by atoms with E-state index < -0.39 is 5.82 Å². The van der Waals surface area contributed by atoms with Gasteiger partial charge in [-0.1, -0.05) is 0 Å². The lowest BCUT2D eigenvalue weighted by atomic mass is 10.2. The summed E-state index contributed by atoms with van der Waals surface area (Å²) in [5.41, 5.74) is 0.181. The number of imidazole rings is 1. The highest BCUT2D eigenvalue weighted by Gasteiger charge is 2.08. The van der Waals surface area contributed by atoms with E-state index in [-0.39, 0.29) is 11.5 Å². The second kappa shape index (κ2) is 7.68. The summed E-state index contributed by atoms with van der Waals surface area (Å²) < 4.78 is 14.9. The van der Waals surface area contributed by atoms with Crippen molar-refractivity contribution in [3.63, 3.8) is 0 Å². The highest BCUT2D eigenvalue weighted by molar-refractivity contribution is 5.93. The van der Waals surface area contributed by atoms with E-state index in [2.05, 4.69) is 30.6 Å². The third-order valence-electron chi connectivity index (χ3n) is 3.58. The number of hydrogen-bond donors (Lipinski definition) is 2. The summed E-state index contributed by atoms with van der Waals surface area (Å²) >= 11 is 0. The van der Waals surface area contributed by atoms with Crippen molar-refractivity contribution in [3.05, 3.63) is 59.9 Å². The van der Waals surface area contributed by atoms with Crippen molar-refractivity contribution in [3.8, 4) is 5.82 Å². The first kappa shape index (κ1) is 17.5. The van der Waals surface area contributed by atoms with E-state index in [4.69, 9.17) is 0 Å². The van der Waals surface area contributed by atoms with Crippen molar-refractivity contribution in [2.75, 3.05) is 18.4 Å². The first-order valence-corrected chi connectivity index (χ1v) is 8.01. The minimum absolute atomic E-state index is 0.181. The average Bonchev–Trinajstić information content (AvgIpc) is 3.04. The molecule has 3 aromatic heterocycles. The molecule has 3 aromatic rings. The van der Waals surface area contributed by atoms with E-state index in [9.17, 15) is 9.18 Å². The Hall–Kier alpha value is -3.36. The maximum atomic E-state index is 13.1. The van der Waals surface area contributed by atoms with Crippen LogP contribution >= 0.6 is 0 Å². The molecule has 0 aromatic carbocycles. The first-order chi connectivity index (χ1) is 12.5. The van der Waals surface area contributed by atoms with E-state index in [0.29, 0.717) is 30.5 Å². The van der Waals surface area contributed by atoms with Crippen LogP contribution in [0.15, 0.2) is 36.9 Å². The Morgan fingerprint density at radius 3 is 2.77 bits per heavy atom. The summed E-state index contributed by atoms with van der Waals surface area (Å²) in [6.07, 6.45) is 5.90. The van der Waals surface area contributed by atoms with Crippen molar-refractivity contribution in [1.29, 1.82) is 0 Å². The van der Waals surface area contributed by atoms with E-state index in [1.54, 1.807) is 19.2 Å². The van der Waals surface area contributed by atoms with Gasteiger partial charge in [-0.15, -0.1) is 0 Å². The Morgan fingerprint density at radius 2 is 2.04 bits per heavy atom. The number of aromatic nitrogens is 5. The van der Waals surface area contributed by atoms with Gasteiger partial charge >= 0.3 is 0 Å². The predicted molar refractivity (Wildman–Crippen MR) is 93.6 cm³/mol. The van der Waals surface area contributed by atoms with E-state index in [1.807, 2.05) is 17.7 Å². The lowest BCUT2D eigenvalue weighted by molar-refractivity contribution is 0.0954. The molecule has 0 saturated carbocycles. The summed E-state index contributed by atoms with van der Waals surface area (Å²) in [5.74, 6) is 1.87. The zero-order chi connectivity index (χ0) is 18.5. The number of amides is 1. The molecule has 0 aliphatic carbocycles. The van der Waals surface area contributed by atoms with Crippen LogP contribution in [0.4, 0.5) is 10.2 Å². The van der Waals surface area contributed by atoms with Crippen LogP contribution in [0.1, 0.15) is 22.0 Å². The van der Waals surface area contributed by atoms with Gasteiger partial charge in [-0.2, -0.15) is 0 Å². The molecule has 8 nitrogen and oxygen atoms in total. The van der Waals surface area contributed by atoms with Gasteiger partial charge in [0.2, 0.25) is 0 Å². The molecule has 0 bridgehead atoms. The standard InChI is InChI=1S/C17H18FN7O/c1-11-23-15(8-16(24-11)25-6-5-20-12(25)2)21-3-4-22-17(26)13-7-14(18)10-19-9-13/h5-10H,3-4H2,1-2H3,(H,22,26)(H,21,23,24). The van der Waals surface area contributed by atoms with Gasteiger partial charge in [0.1, 0.15) is 29.1 Å². The minimum atomic E-state index is -0.547. The van der Waals surface area contributed by atoms with Gasteiger partial charge < -0.3 is 10.6 Å². The largest absolute Gasteiger partial charge is 0.368 e. The van der Waals surface area contributed by atoms with Crippen LogP contribution in [-0.2, 0) is 0 Å². The van der Waals surface area contributed by atoms with E-state index in [1.165, 1.54) is 6.20 Å². The smallest absolute Gasteiger partial charge is 0.253 e. The zero-order valence-corrected chi connectivity index (χ0v) is 14.4. The van der Waals surface area contributed by atoms with Crippen LogP contribution < -0.4 is 10.6 Å². The normalized spacial score (nSPS) is 10.6. The minimum Gasteiger partial charge on any atom is -0.368 e. The Kier molecular flexibility index (Phi) is 5.16. The molecule has 3 heterocycles. The van der Waals surface area contributed by atoms with Crippen molar-refractivity contribution in [1.82, 2.24) is 29.8 Å². The number of nitrogens with one attached hydrogen (secondary N) is 2. The molecule has 1 amide bonds. The number of rotatable bonds is 6. The molecule has 3 rings (SSSR count). The number of carbonyl (C=O) groups is 1. The zero-order valence-electron chi connectivity index (χ0n) is 14.4. The van der Waals surface area contributed by atoms with Gasteiger partial charge in [0.05, 0.1) is 11.8 Å². The van der Waals surface area contributed by atoms with Crippen molar-refractivity contribution in [2.24, 2.45) is 0 Å². The maximum Gasteiger partial charge on any atom is 0.253 e. The van der Waals surface area contributed by atoms with E-state index >= 15 is 0 Å². The Morgan fingerprint density at radius 1 is 1.19 bits per heavy atom. The Balaban J connectivity index is 1.58. The highest BCUT2D eigenvalue weighted by atomic mass is 19.1. The fourth-order valence-corrected chi connectivity index (χ4v) is 2.39. The molecule has 9 heteroatoms. The van der Waals surface area contributed by atoms with Crippen LogP contribution in [-0.4, -0.2) is 43.5 Å². The fraction of sp³-hybridized carbons (Fsp3) is 0.235. The number of nitrogens with zero attached hydrogens (tertiary/aromatic N) is 5. The van der Waals surface area contributed by atoms with Gasteiger partial charge in [-0.3, -0.25) is 14.3 Å². The van der Waals surface area contributed by atoms with Gasteiger partial charge in [-0.05, 0) is 19.9 Å². The molecule has 0 unspecified atom stereocenters. The molecule has 26 heavy (non-hydrogen) atoms. The number of anilines is 1. The van der Waals surface area contributed by atoms with Gasteiger partial charge in [-0.25, -0.2) is 19.3 Å². The molecular formula is C17H18FN7O. The Labute approximate surface area is 149 Å². The number of hydrogen-bond acceptors (Lipinski definition) is 6. The molecular weight excluding hydrogens is 337 g/mol. The van der Waals surface area contributed by atoms with Crippen molar-refractivity contribution >= 4 is 11.7 Å². The van der Waals surface area contributed by atoms with E-state index in [0.717, 1.165) is 18.1 Å². The van der Waals surface area contributed by atoms with Crippen molar-refractivity contribution < 1.29 is 9.18 Å². The van der Waals surface area contributed by atoms with Gasteiger partial charge in [0, 0.05) is 37.7 Å². The summed E-state index contributed by atoms with van der Waals surface area (Å²) in [6.45, 7) is 4.49. The second-order valence-electron chi connectivity index (χ2n) is 5.58. The lowest BCUT2D eigenvalue weighted by Gasteiger charge is -2.10. The van der Waals surface area contributed by atoms with Crippen LogP contribution in [0.5, 0.6) is 0 Å². The summed E-state index contributed by atoms with van der Waals surface area (Å²) in [7, 11) is 0. The average molecular weight is 355 g/mol. The topological polar surface area (TPSA) is 97.6 Å². The summed E-state index contributed by atoms with van der Waals surface area (Å²) in [5, 5.41) is 5.83.